The summed E-state index contributed by atoms with van der Waals surface area (Å²) >= 11 is 1.25. The third kappa shape index (κ3) is 3.72. The van der Waals surface area contributed by atoms with E-state index in [4.69, 9.17) is 5.11 Å². The lowest BCUT2D eigenvalue weighted by Gasteiger charge is -2.34. The highest BCUT2D eigenvalue weighted by Gasteiger charge is 2.29. The smallest absolute Gasteiger partial charge is 0.313 e. The van der Waals surface area contributed by atoms with Crippen LogP contribution in [0.5, 0.6) is 0 Å². The number of aromatic nitrogens is 3. The Labute approximate surface area is 117 Å². The summed E-state index contributed by atoms with van der Waals surface area (Å²) in [5.41, 5.74) is 0.296. The SMILES string of the molecule is Cc1nnc(SCC(=O)O)n1CC1(C)CCCCC1. The van der Waals surface area contributed by atoms with Crippen molar-refractivity contribution in [2.75, 3.05) is 5.75 Å². The Morgan fingerprint density at radius 2 is 2.05 bits per heavy atom. The molecule has 1 heterocycles. The molecule has 1 N–H and O–H groups in total. The first-order chi connectivity index (χ1) is 9.00. The molecular formula is C13H21N3O2S. The topological polar surface area (TPSA) is 68.0 Å². The number of carbonyl (C=O) groups is 1. The van der Waals surface area contributed by atoms with Crippen LogP contribution in [0.25, 0.3) is 0 Å². The van der Waals surface area contributed by atoms with Gasteiger partial charge in [-0.05, 0) is 25.2 Å². The molecule has 106 valence electrons. The minimum Gasteiger partial charge on any atom is -0.481 e. The molecule has 5 nitrogen and oxygen atoms in total. The summed E-state index contributed by atoms with van der Waals surface area (Å²) in [4.78, 5) is 10.7. The largest absolute Gasteiger partial charge is 0.481 e. The number of hydrogen-bond donors (Lipinski definition) is 1. The van der Waals surface area contributed by atoms with Crippen LogP contribution >= 0.6 is 11.8 Å². The van der Waals surface area contributed by atoms with Crippen LogP contribution in [0.2, 0.25) is 0 Å². The summed E-state index contributed by atoms with van der Waals surface area (Å²) in [6.45, 7) is 5.15. The lowest BCUT2D eigenvalue weighted by molar-refractivity contribution is -0.133. The van der Waals surface area contributed by atoms with E-state index in [1.807, 2.05) is 6.92 Å². The van der Waals surface area contributed by atoms with Crippen LogP contribution in [-0.2, 0) is 11.3 Å². The van der Waals surface area contributed by atoms with Gasteiger partial charge in [-0.2, -0.15) is 0 Å². The molecular weight excluding hydrogens is 262 g/mol. The Hall–Kier alpha value is -1.04. The Kier molecular flexibility index (Phi) is 4.50. The molecule has 1 saturated carbocycles. The maximum atomic E-state index is 10.7. The molecule has 0 amide bonds. The van der Waals surface area contributed by atoms with Crippen molar-refractivity contribution in [3.63, 3.8) is 0 Å². The van der Waals surface area contributed by atoms with Crippen molar-refractivity contribution in [2.24, 2.45) is 5.41 Å². The number of hydrogen-bond acceptors (Lipinski definition) is 4. The van der Waals surface area contributed by atoms with Crippen molar-refractivity contribution in [2.45, 2.75) is 57.7 Å². The lowest BCUT2D eigenvalue weighted by Crippen LogP contribution is -2.27. The van der Waals surface area contributed by atoms with E-state index >= 15 is 0 Å². The van der Waals surface area contributed by atoms with Gasteiger partial charge in [0.2, 0.25) is 0 Å². The fourth-order valence-electron chi connectivity index (χ4n) is 2.72. The number of carboxylic acid groups (broad SMARTS) is 1. The van der Waals surface area contributed by atoms with Gasteiger partial charge in [0, 0.05) is 6.54 Å². The molecule has 0 spiro atoms. The van der Waals surface area contributed by atoms with E-state index in [0.717, 1.165) is 17.5 Å². The first-order valence-electron chi connectivity index (χ1n) is 6.75. The summed E-state index contributed by atoms with van der Waals surface area (Å²) < 4.78 is 2.08. The number of nitrogens with zero attached hydrogens (tertiary/aromatic N) is 3. The molecule has 0 bridgehead atoms. The molecule has 0 radical (unpaired) electrons. The van der Waals surface area contributed by atoms with Gasteiger partial charge >= 0.3 is 5.97 Å². The van der Waals surface area contributed by atoms with E-state index in [2.05, 4.69) is 21.7 Å². The zero-order valence-corrected chi connectivity index (χ0v) is 12.4. The van der Waals surface area contributed by atoms with E-state index in [1.165, 1.54) is 43.9 Å². The normalized spacial score (nSPS) is 18.4. The number of thioether (sulfide) groups is 1. The third-order valence-corrected chi connectivity index (χ3v) is 4.78. The molecule has 1 aliphatic carbocycles. The zero-order valence-electron chi connectivity index (χ0n) is 11.6. The monoisotopic (exact) mass is 283 g/mol. The van der Waals surface area contributed by atoms with Crippen molar-refractivity contribution in [1.29, 1.82) is 0 Å². The summed E-state index contributed by atoms with van der Waals surface area (Å²) in [6, 6.07) is 0. The van der Waals surface area contributed by atoms with Crippen molar-refractivity contribution >= 4 is 17.7 Å². The Bertz CT molecular complexity index is 453. The predicted molar refractivity (Wildman–Crippen MR) is 74.3 cm³/mol. The fraction of sp³-hybridized carbons (Fsp3) is 0.769. The average molecular weight is 283 g/mol. The summed E-state index contributed by atoms with van der Waals surface area (Å²) in [6.07, 6.45) is 6.36. The van der Waals surface area contributed by atoms with Gasteiger partial charge in [0.1, 0.15) is 5.82 Å². The molecule has 1 aromatic heterocycles. The Balaban J connectivity index is 2.10. The second-order valence-electron chi connectivity index (χ2n) is 5.67. The molecule has 0 atom stereocenters. The average Bonchev–Trinajstić information content (AvgIpc) is 2.69. The zero-order chi connectivity index (χ0) is 13.9. The minimum absolute atomic E-state index is 0.0366. The molecule has 6 heteroatoms. The third-order valence-electron chi connectivity index (χ3n) is 3.83. The molecule has 0 saturated heterocycles. The minimum atomic E-state index is -0.818. The number of rotatable bonds is 5. The highest BCUT2D eigenvalue weighted by Crippen LogP contribution is 2.38. The first kappa shape index (κ1) is 14.4. The Morgan fingerprint density at radius 1 is 1.37 bits per heavy atom. The van der Waals surface area contributed by atoms with Crippen LogP contribution in [0, 0.1) is 12.3 Å². The molecule has 0 aromatic carbocycles. The van der Waals surface area contributed by atoms with Crippen LogP contribution in [-0.4, -0.2) is 31.6 Å². The molecule has 2 rings (SSSR count). The molecule has 19 heavy (non-hydrogen) atoms. The Morgan fingerprint density at radius 3 is 2.68 bits per heavy atom. The quantitative estimate of drug-likeness (QED) is 0.842. The van der Waals surface area contributed by atoms with Gasteiger partial charge in [-0.3, -0.25) is 4.79 Å². The maximum Gasteiger partial charge on any atom is 0.313 e. The first-order valence-corrected chi connectivity index (χ1v) is 7.73. The molecule has 1 fully saturated rings. The van der Waals surface area contributed by atoms with Gasteiger partial charge in [0.05, 0.1) is 5.75 Å². The standard InChI is InChI=1S/C13H21N3O2S/c1-10-14-15-12(19-8-11(17)18)16(10)9-13(2)6-4-3-5-7-13/h3-9H2,1-2H3,(H,17,18). The second-order valence-corrected chi connectivity index (χ2v) is 6.61. The van der Waals surface area contributed by atoms with E-state index < -0.39 is 5.97 Å². The maximum absolute atomic E-state index is 10.7. The van der Waals surface area contributed by atoms with Crippen molar-refractivity contribution < 1.29 is 9.90 Å². The van der Waals surface area contributed by atoms with Gasteiger partial charge in [0.25, 0.3) is 0 Å². The number of carboxylic acids is 1. The van der Waals surface area contributed by atoms with Gasteiger partial charge in [0.15, 0.2) is 5.16 Å². The van der Waals surface area contributed by atoms with Crippen LogP contribution in [0.1, 0.15) is 44.9 Å². The van der Waals surface area contributed by atoms with Crippen LogP contribution in [0.15, 0.2) is 5.16 Å². The van der Waals surface area contributed by atoms with Gasteiger partial charge < -0.3 is 9.67 Å². The fourth-order valence-corrected chi connectivity index (χ4v) is 3.43. The van der Waals surface area contributed by atoms with E-state index in [-0.39, 0.29) is 5.75 Å². The van der Waals surface area contributed by atoms with E-state index in [9.17, 15) is 4.79 Å². The van der Waals surface area contributed by atoms with Crippen LogP contribution < -0.4 is 0 Å². The molecule has 1 aromatic rings. The van der Waals surface area contributed by atoms with Gasteiger partial charge in [-0.25, -0.2) is 0 Å². The predicted octanol–water partition coefficient (Wildman–Crippen LogP) is 2.73. The van der Waals surface area contributed by atoms with E-state index in [1.54, 1.807) is 0 Å². The molecule has 0 aliphatic heterocycles. The summed E-state index contributed by atoms with van der Waals surface area (Å²) in [5, 5.41) is 17.7. The highest BCUT2D eigenvalue weighted by molar-refractivity contribution is 7.99. The number of aryl methyl sites for hydroxylation is 1. The highest BCUT2D eigenvalue weighted by atomic mass is 32.2. The van der Waals surface area contributed by atoms with Gasteiger partial charge in [-0.1, -0.05) is 37.9 Å². The second kappa shape index (κ2) is 5.94. The van der Waals surface area contributed by atoms with Crippen LogP contribution in [0.3, 0.4) is 0 Å². The van der Waals surface area contributed by atoms with Crippen LogP contribution in [0.4, 0.5) is 0 Å². The van der Waals surface area contributed by atoms with Crippen molar-refractivity contribution in [3.8, 4) is 0 Å². The molecule has 1 aliphatic rings. The van der Waals surface area contributed by atoms with Crippen molar-refractivity contribution in [1.82, 2.24) is 14.8 Å². The summed E-state index contributed by atoms with van der Waals surface area (Å²) in [7, 11) is 0. The van der Waals surface area contributed by atoms with Gasteiger partial charge in [-0.15, -0.1) is 10.2 Å². The van der Waals surface area contributed by atoms with Crippen molar-refractivity contribution in [3.05, 3.63) is 5.82 Å². The summed E-state index contributed by atoms with van der Waals surface area (Å²) in [5.74, 6) is 0.0928. The number of aliphatic carboxylic acids is 1. The molecule has 0 unspecified atom stereocenters. The van der Waals surface area contributed by atoms with E-state index in [0.29, 0.717) is 5.41 Å². The lowest BCUT2D eigenvalue weighted by atomic mass is 9.75.